The monoisotopic (exact) mass is 937 g/mol. The van der Waals surface area contributed by atoms with Gasteiger partial charge in [0, 0.05) is 51.9 Å². The molecule has 0 aromatic heterocycles. The second-order valence-electron chi connectivity index (χ2n) is 17.4. The summed E-state index contributed by atoms with van der Waals surface area (Å²) in [5.74, 6) is -0.796. The molecular weight excluding hydrogens is 873 g/mol. The minimum Gasteiger partial charge on any atom is -0.372 e. The van der Waals surface area contributed by atoms with E-state index in [9.17, 15) is 19.2 Å². The molecule has 2 aliphatic carbocycles. The minimum absolute atomic E-state index is 0.179. The lowest BCUT2D eigenvalue weighted by Crippen LogP contribution is -2.47. The van der Waals surface area contributed by atoms with Crippen molar-refractivity contribution in [2.45, 2.75) is 75.5 Å². The fourth-order valence-electron chi connectivity index (χ4n) is 8.27. The summed E-state index contributed by atoms with van der Waals surface area (Å²) in [7, 11) is 0. The molecule has 0 fully saturated rings. The van der Waals surface area contributed by atoms with E-state index in [1.165, 1.54) is 0 Å². The van der Waals surface area contributed by atoms with Gasteiger partial charge in [0.25, 0.3) is 0 Å². The van der Waals surface area contributed by atoms with E-state index in [2.05, 4.69) is 31.9 Å². The van der Waals surface area contributed by atoms with Crippen molar-refractivity contribution in [2.75, 3.05) is 26.2 Å². The van der Waals surface area contributed by atoms with E-state index in [4.69, 9.17) is 9.98 Å². The lowest BCUT2D eigenvalue weighted by Gasteiger charge is -2.23. The molecule has 70 heavy (non-hydrogen) atoms. The second kappa shape index (κ2) is 27.2. The standard InChI is InChI=1S/C58H64N8O4/c67-55-51(39-43-23-7-1-8-24-43)63-47-31-15-5-16-32-48(47)64-52(40-44-25-9-2-10-26-44)56(68)61-37-21-22-38-62-58(70)54(42-46-29-13-4-14-30-46)66-50-34-18-6-17-33-49(50)65-53(41-45-27-11-3-12-28-45)57(69)60-36-20-19-35-59-55/h1-18,23-34,51-54,63,66H,19-22,35-42H2,(H,59,67)(H,60,69)(H,61,68)(H,62,70)/t51-,52-,53-,54-/m0/s1. The van der Waals surface area contributed by atoms with Gasteiger partial charge < -0.3 is 31.9 Å². The van der Waals surface area contributed by atoms with Crippen molar-refractivity contribution in [1.82, 2.24) is 31.9 Å². The molecule has 1 heterocycles. The SMILES string of the molecule is O=C1NCCCCNC(=O)[C@H](Cc2ccccc2)NC2=CC=CC=CC2=N[C@@H](Cc2ccccc2)C(=O)NCCCCNC(=O)[C@H](Cc2ccccc2)NC2=CC=CC=CC2=N[C@H]1Cc1ccccc1. The first-order valence-electron chi connectivity index (χ1n) is 24.4. The maximum absolute atomic E-state index is 14.1. The van der Waals surface area contributed by atoms with E-state index in [1.54, 1.807) is 0 Å². The summed E-state index contributed by atoms with van der Waals surface area (Å²) in [4.78, 5) is 66.6. The average molecular weight is 937 g/mol. The number of carbonyl (C=O) groups excluding carboxylic acids is 4. The summed E-state index contributed by atoms with van der Waals surface area (Å²) in [6.45, 7) is 1.56. The molecule has 7 rings (SSSR count). The molecule has 6 N–H and O–H groups in total. The highest BCUT2D eigenvalue weighted by molar-refractivity contribution is 6.11. The summed E-state index contributed by atoms with van der Waals surface area (Å²) >= 11 is 0. The normalized spacial score (nSPS) is 21.3. The van der Waals surface area contributed by atoms with Crippen LogP contribution in [0.15, 0.2) is 203 Å². The highest BCUT2D eigenvalue weighted by Gasteiger charge is 2.26. The van der Waals surface area contributed by atoms with Crippen molar-refractivity contribution in [1.29, 1.82) is 0 Å². The van der Waals surface area contributed by atoms with Crippen molar-refractivity contribution in [3.05, 3.63) is 216 Å². The van der Waals surface area contributed by atoms with Crippen molar-refractivity contribution in [2.24, 2.45) is 9.98 Å². The Morgan fingerprint density at radius 2 is 0.686 bits per heavy atom. The van der Waals surface area contributed by atoms with Gasteiger partial charge in [-0.15, -0.1) is 0 Å². The van der Waals surface area contributed by atoms with Crippen molar-refractivity contribution in [3.8, 4) is 0 Å². The van der Waals surface area contributed by atoms with Crippen LogP contribution in [0.2, 0.25) is 0 Å². The van der Waals surface area contributed by atoms with Gasteiger partial charge in [0.1, 0.15) is 24.2 Å². The van der Waals surface area contributed by atoms with Gasteiger partial charge in [0.2, 0.25) is 23.6 Å². The largest absolute Gasteiger partial charge is 0.372 e. The number of nitrogens with zero attached hydrogens (tertiary/aromatic N) is 2. The number of benzene rings is 4. The Bertz CT molecular complexity index is 2420. The number of rotatable bonds is 8. The summed E-state index contributed by atoms with van der Waals surface area (Å²) in [5, 5.41) is 19.5. The van der Waals surface area contributed by atoms with Crippen LogP contribution in [0.25, 0.3) is 0 Å². The molecule has 4 aromatic carbocycles. The zero-order chi connectivity index (χ0) is 48.6. The van der Waals surface area contributed by atoms with Gasteiger partial charge in [-0.1, -0.05) is 158 Å². The number of allylic oxidation sites excluding steroid dienone is 10. The molecule has 0 bridgehead atoms. The molecule has 0 spiro atoms. The molecule has 4 atom stereocenters. The maximum atomic E-state index is 14.1. The Labute approximate surface area is 412 Å². The van der Waals surface area contributed by atoms with Gasteiger partial charge in [0.05, 0.1) is 22.8 Å². The lowest BCUT2D eigenvalue weighted by molar-refractivity contribution is -0.123. The molecule has 0 saturated heterocycles. The molecule has 0 saturated carbocycles. The molecule has 1 aliphatic heterocycles. The van der Waals surface area contributed by atoms with Crippen LogP contribution in [-0.2, 0) is 44.9 Å². The van der Waals surface area contributed by atoms with Crippen molar-refractivity contribution in [3.63, 3.8) is 0 Å². The summed E-state index contributed by atoms with van der Waals surface area (Å²) in [6.07, 6.45) is 22.8. The van der Waals surface area contributed by atoms with Crippen LogP contribution in [0.5, 0.6) is 0 Å². The lowest BCUT2D eigenvalue weighted by atomic mass is 10.0. The van der Waals surface area contributed by atoms with Gasteiger partial charge in [0.15, 0.2) is 0 Å². The summed E-state index contributed by atoms with van der Waals surface area (Å²) in [6, 6.07) is 36.4. The van der Waals surface area contributed by atoms with Crippen LogP contribution in [0, 0.1) is 0 Å². The van der Waals surface area contributed by atoms with E-state index in [-0.39, 0.29) is 23.6 Å². The van der Waals surface area contributed by atoms with E-state index in [0.29, 0.717) is 100 Å². The number of hydrogen-bond donors (Lipinski definition) is 6. The van der Waals surface area contributed by atoms with Gasteiger partial charge in [-0.25, -0.2) is 0 Å². The molecule has 4 amide bonds. The third-order valence-electron chi connectivity index (χ3n) is 12.0. The van der Waals surface area contributed by atoms with Gasteiger partial charge >= 0.3 is 0 Å². The number of amides is 4. The van der Waals surface area contributed by atoms with Crippen LogP contribution in [-0.4, -0.2) is 85.4 Å². The van der Waals surface area contributed by atoms with Gasteiger partial charge in [-0.05, 0) is 72.2 Å². The zero-order valence-corrected chi connectivity index (χ0v) is 39.6. The molecule has 0 radical (unpaired) electrons. The van der Waals surface area contributed by atoms with Crippen molar-refractivity contribution < 1.29 is 19.2 Å². The highest BCUT2D eigenvalue weighted by Crippen LogP contribution is 2.16. The molecule has 12 nitrogen and oxygen atoms in total. The molecule has 4 aromatic rings. The molecular formula is C58H64N8O4. The van der Waals surface area contributed by atoms with Crippen LogP contribution in [0.4, 0.5) is 0 Å². The van der Waals surface area contributed by atoms with Crippen LogP contribution in [0.3, 0.4) is 0 Å². The van der Waals surface area contributed by atoms with Gasteiger partial charge in [-0.2, -0.15) is 0 Å². The summed E-state index contributed by atoms with van der Waals surface area (Å²) < 4.78 is 0. The quantitative estimate of drug-likeness (QED) is 0.117. The predicted molar refractivity (Wildman–Crippen MR) is 280 cm³/mol. The third-order valence-corrected chi connectivity index (χ3v) is 12.0. The third kappa shape index (κ3) is 16.1. The first-order valence-corrected chi connectivity index (χ1v) is 24.4. The van der Waals surface area contributed by atoms with Crippen LogP contribution >= 0.6 is 0 Å². The van der Waals surface area contributed by atoms with E-state index >= 15 is 0 Å². The Kier molecular flexibility index (Phi) is 19.5. The maximum Gasteiger partial charge on any atom is 0.245 e. The zero-order valence-electron chi connectivity index (χ0n) is 39.6. The Hall–Kier alpha value is -7.86. The van der Waals surface area contributed by atoms with Gasteiger partial charge in [-0.3, -0.25) is 29.2 Å². The first-order chi connectivity index (χ1) is 34.4. The number of aliphatic imine (C=N–C) groups is 2. The summed E-state index contributed by atoms with van der Waals surface area (Å²) in [5.41, 5.74) is 6.22. The fraction of sp³-hybridized carbons (Fsp3) is 0.276. The van der Waals surface area contributed by atoms with E-state index in [1.807, 2.05) is 182 Å². The predicted octanol–water partition coefficient (Wildman–Crippen LogP) is 6.55. The van der Waals surface area contributed by atoms with E-state index < -0.39 is 24.2 Å². The minimum atomic E-state index is -0.770. The Morgan fingerprint density at radius 3 is 1.03 bits per heavy atom. The molecule has 360 valence electrons. The second-order valence-corrected chi connectivity index (χ2v) is 17.4. The number of hydrogen-bond acceptors (Lipinski definition) is 8. The van der Waals surface area contributed by atoms with Crippen LogP contribution in [0.1, 0.15) is 47.9 Å². The Morgan fingerprint density at radius 1 is 0.371 bits per heavy atom. The number of nitrogens with one attached hydrogen (secondary N) is 6. The fourth-order valence-corrected chi connectivity index (χ4v) is 8.27. The molecule has 0 unspecified atom stereocenters. The topological polar surface area (TPSA) is 165 Å². The van der Waals surface area contributed by atoms with E-state index in [0.717, 1.165) is 22.3 Å². The Balaban J connectivity index is 1.15. The molecule has 12 heteroatoms. The highest BCUT2D eigenvalue weighted by atomic mass is 16.2. The molecule has 3 aliphatic rings. The first kappa shape index (κ1) is 50.0. The van der Waals surface area contributed by atoms with Crippen LogP contribution < -0.4 is 31.9 Å². The number of fused-ring (bicyclic) bond motifs is 2. The smallest absolute Gasteiger partial charge is 0.245 e. The number of carbonyl (C=O) groups is 4. The van der Waals surface area contributed by atoms with Crippen molar-refractivity contribution >= 4 is 35.1 Å². The average Bonchev–Trinajstić information content (AvgIpc) is 3.75.